The molecule has 2 N–H and O–H groups in total. The van der Waals surface area contributed by atoms with Gasteiger partial charge in [0.1, 0.15) is 11.7 Å². The second kappa shape index (κ2) is 9.05. The number of aryl methyl sites for hydroxylation is 1. The molecule has 3 aromatic rings. The Morgan fingerprint density at radius 3 is 2.71 bits per heavy atom. The van der Waals surface area contributed by atoms with Crippen molar-refractivity contribution < 1.29 is 4.79 Å². The maximum atomic E-state index is 13.6. The number of hydrogen-bond donors (Lipinski definition) is 2. The van der Waals surface area contributed by atoms with Crippen LogP contribution in [0.2, 0.25) is 0 Å². The number of rotatable bonds is 5. The average Bonchev–Trinajstić information content (AvgIpc) is 3.50. The molecule has 0 bridgehead atoms. The van der Waals surface area contributed by atoms with Gasteiger partial charge in [-0.05, 0) is 57.4 Å². The van der Waals surface area contributed by atoms with Crippen molar-refractivity contribution in [3.05, 3.63) is 64.3 Å². The summed E-state index contributed by atoms with van der Waals surface area (Å²) >= 11 is 1.61. The molecule has 4 heterocycles. The van der Waals surface area contributed by atoms with Crippen LogP contribution in [0.4, 0.5) is 10.6 Å². The highest BCUT2D eigenvalue weighted by atomic mass is 32.1. The second-order valence-corrected chi connectivity index (χ2v) is 10.7. The number of nitrogens with zero attached hydrogens (tertiary/aromatic N) is 5. The first-order chi connectivity index (χ1) is 16.7. The zero-order valence-electron chi connectivity index (χ0n) is 20.8. The minimum atomic E-state index is -0.439. The molecular weight excluding hydrogens is 458 g/mol. The zero-order chi connectivity index (χ0) is 24.7. The van der Waals surface area contributed by atoms with E-state index in [9.17, 15) is 4.79 Å². The van der Waals surface area contributed by atoms with Gasteiger partial charge in [-0.3, -0.25) is 4.99 Å². The van der Waals surface area contributed by atoms with Gasteiger partial charge in [0.15, 0.2) is 5.82 Å². The summed E-state index contributed by atoms with van der Waals surface area (Å²) in [5.41, 5.74) is 3.83. The molecule has 0 spiro atoms. The summed E-state index contributed by atoms with van der Waals surface area (Å²) in [7, 11) is 4.04. The van der Waals surface area contributed by atoms with Crippen LogP contribution in [-0.4, -0.2) is 70.9 Å². The molecule has 0 unspecified atom stereocenters. The summed E-state index contributed by atoms with van der Waals surface area (Å²) in [6.45, 7) is 7.89. The van der Waals surface area contributed by atoms with E-state index in [1.165, 1.54) is 5.57 Å². The minimum Gasteiger partial charge on any atom is -0.330 e. The predicted octanol–water partition coefficient (Wildman–Crippen LogP) is 4.23. The third-order valence-corrected chi connectivity index (χ3v) is 7.63. The van der Waals surface area contributed by atoms with Crippen molar-refractivity contribution in [3.8, 4) is 0 Å². The summed E-state index contributed by atoms with van der Waals surface area (Å²) in [5.74, 6) is 2.28. The Kier molecular flexibility index (Phi) is 6.06. The Bertz CT molecular complexity index is 1330. The third-order valence-electron chi connectivity index (χ3n) is 6.72. The molecule has 9 heteroatoms. The summed E-state index contributed by atoms with van der Waals surface area (Å²) in [5, 5.41) is 8.76. The Hall–Kier alpha value is -3.30. The van der Waals surface area contributed by atoms with E-state index in [1.54, 1.807) is 11.3 Å². The lowest BCUT2D eigenvalue weighted by Gasteiger charge is -2.36. The number of likely N-dealkylation sites (N-methyl/N-ethyl adjacent to an activating group) is 1. The van der Waals surface area contributed by atoms with Gasteiger partial charge in [0.05, 0.1) is 34.9 Å². The SMILES string of the molecule is Cc1nc(NC2=NCC3=C2CN(C(=O)N[C@H](CN(C)C)c2ccccc2)C3(C)C)c2sccc2n1. The minimum absolute atomic E-state index is 0.0713. The monoisotopic (exact) mass is 489 g/mol. The van der Waals surface area contributed by atoms with E-state index in [2.05, 4.69) is 51.5 Å². The molecule has 0 saturated carbocycles. The van der Waals surface area contributed by atoms with Crippen molar-refractivity contribution in [1.82, 2.24) is 25.1 Å². The summed E-state index contributed by atoms with van der Waals surface area (Å²) in [6.07, 6.45) is 0. The number of carbonyl (C=O) groups excluding carboxylic acids is 1. The molecule has 2 aliphatic rings. The molecule has 8 nitrogen and oxygen atoms in total. The smallest absolute Gasteiger partial charge is 0.318 e. The van der Waals surface area contributed by atoms with Crippen LogP contribution in [0.5, 0.6) is 0 Å². The number of nitrogens with one attached hydrogen (secondary N) is 2. The number of amidine groups is 1. The van der Waals surface area contributed by atoms with Gasteiger partial charge in [-0.15, -0.1) is 11.3 Å². The van der Waals surface area contributed by atoms with Gasteiger partial charge in [0, 0.05) is 12.1 Å². The second-order valence-electron chi connectivity index (χ2n) is 9.82. The highest BCUT2D eigenvalue weighted by molar-refractivity contribution is 7.17. The van der Waals surface area contributed by atoms with Crippen LogP contribution in [-0.2, 0) is 0 Å². The molecule has 0 fully saturated rings. The maximum absolute atomic E-state index is 13.6. The topological polar surface area (TPSA) is 85.8 Å². The number of benzene rings is 1. The third kappa shape index (κ3) is 4.41. The molecule has 0 aliphatic carbocycles. The van der Waals surface area contributed by atoms with E-state index in [1.807, 2.05) is 55.6 Å². The van der Waals surface area contributed by atoms with E-state index in [0.29, 0.717) is 18.9 Å². The Balaban J connectivity index is 1.36. The van der Waals surface area contributed by atoms with Crippen LogP contribution in [0.15, 0.2) is 57.9 Å². The maximum Gasteiger partial charge on any atom is 0.318 e. The van der Waals surface area contributed by atoms with Gasteiger partial charge in [-0.25, -0.2) is 14.8 Å². The van der Waals surface area contributed by atoms with Crippen molar-refractivity contribution >= 4 is 39.2 Å². The molecule has 1 atom stereocenters. The van der Waals surface area contributed by atoms with Gasteiger partial charge < -0.3 is 20.4 Å². The lowest BCUT2D eigenvalue weighted by Crippen LogP contribution is -2.52. The number of anilines is 1. The van der Waals surface area contributed by atoms with Gasteiger partial charge in [-0.1, -0.05) is 30.3 Å². The van der Waals surface area contributed by atoms with Gasteiger partial charge in [0.2, 0.25) is 0 Å². The molecular formula is C26H31N7OS. The van der Waals surface area contributed by atoms with Crippen molar-refractivity contribution in [2.24, 2.45) is 4.99 Å². The fraction of sp³-hybridized carbons (Fsp3) is 0.385. The van der Waals surface area contributed by atoms with E-state index < -0.39 is 5.54 Å². The molecule has 2 aromatic heterocycles. The van der Waals surface area contributed by atoms with E-state index >= 15 is 0 Å². The first kappa shape index (κ1) is 23.4. The number of amides is 2. The van der Waals surface area contributed by atoms with Crippen LogP contribution in [0.25, 0.3) is 10.2 Å². The lowest BCUT2D eigenvalue weighted by molar-refractivity contribution is 0.165. The molecule has 0 radical (unpaired) electrons. The fourth-order valence-corrected chi connectivity index (χ4v) is 5.65. The lowest BCUT2D eigenvalue weighted by atomic mass is 9.94. The Morgan fingerprint density at radius 2 is 1.97 bits per heavy atom. The number of aliphatic imine (C=N–C) groups is 1. The van der Waals surface area contributed by atoms with Crippen molar-refractivity contribution in [2.75, 3.05) is 39.0 Å². The number of thiophene rings is 1. The number of fused-ring (bicyclic) bond motifs is 1. The van der Waals surface area contributed by atoms with Crippen molar-refractivity contribution in [1.29, 1.82) is 0 Å². The fourth-order valence-electron chi connectivity index (χ4n) is 4.87. The molecule has 1 aromatic carbocycles. The van der Waals surface area contributed by atoms with Gasteiger partial charge in [0.25, 0.3) is 0 Å². The highest BCUT2D eigenvalue weighted by Crippen LogP contribution is 2.39. The highest BCUT2D eigenvalue weighted by Gasteiger charge is 2.45. The standard InChI is InChI=1S/C26H31N7OS/c1-16-28-20-11-12-35-22(20)24(29-16)31-23-18-14-33(26(2,3)19(18)13-27-23)25(34)30-21(15-32(4)5)17-9-7-6-8-10-17/h6-12,21H,13-15H2,1-5H3,(H,30,34)(H,27,28,29,31)/t21-/m1/s1. The van der Waals surface area contributed by atoms with E-state index in [0.717, 1.165) is 39.6 Å². The van der Waals surface area contributed by atoms with Gasteiger partial charge in [-0.2, -0.15) is 0 Å². The summed E-state index contributed by atoms with van der Waals surface area (Å²) < 4.78 is 1.01. The zero-order valence-corrected chi connectivity index (χ0v) is 21.6. The molecule has 5 rings (SSSR count). The van der Waals surface area contributed by atoms with Crippen molar-refractivity contribution in [3.63, 3.8) is 0 Å². The van der Waals surface area contributed by atoms with Crippen LogP contribution in [0, 0.1) is 6.92 Å². The first-order valence-corrected chi connectivity index (χ1v) is 12.7. The Morgan fingerprint density at radius 1 is 1.20 bits per heavy atom. The van der Waals surface area contributed by atoms with Crippen LogP contribution in [0.3, 0.4) is 0 Å². The molecule has 2 aliphatic heterocycles. The number of aromatic nitrogens is 2. The number of carbonyl (C=O) groups is 1. The summed E-state index contributed by atoms with van der Waals surface area (Å²) in [6, 6.07) is 12.0. The number of urea groups is 1. The quantitative estimate of drug-likeness (QED) is 0.560. The van der Waals surface area contributed by atoms with Gasteiger partial charge >= 0.3 is 6.03 Å². The van der Waals surface area contributed by atoms with Crippen LogP contribution in [0.1, 0.15) is 31.3 Å². The van der Waals surface area contributed by atoms with E-state index in [-0.39, 0.29) is 12.1 Å². The van der Waals surface area contributed by atoms with Crippen molar-refractivity contribution in [2.45, 2.75) is 32.4 Å². The molecule has 182 valence electrons. The first-order valence-electron chi connectivity index (χ1n) is 11.8. The van der Waals surface area contributed by atoms with Crippen LogP contribution < -0.4 is 10.6 Å². The Labute approximate surface area is 209 Å². The normalized spacial score (nSPS) is 17.7. The molecule has 35 heavy (non-hydrogen) atoms. The molecule has 0 saturated heterocycles. The molecule has 2 amide bonds. The largest absolute Gasteiger partial charge is 0.330 e. The average molecular weight is 490 g/mol. The van der Waals surface area contributed by atoms with E-state index in [4.69, 9.17) is 4.99 Å². The summed E-state index contributed by atoms with van der Waals surface area (Å²) in [4.78, 5) is 31.5. The predicted molar refractivity (Wildman–Crippen MR) is 142 cm³/mol. The number of hydrogen-bond acceptors (Lipinski definition) is 7. The van der Waals surface area contributed by atoms with Crippen LogP contribution >= 0.6 is 11.3 Å².